The monoisotopic (exact) mass is 311 g/mol. The lowest BCUT2D eigenvalue weighted by Crippen LogP contribution is -2.43. The van der Waals surface area contributed by atoms with Gasteiger partial charge in [-0.3, -0.25) is 4.79 Å². The topological polar surface area (TPSA) is 49.3 Å². The molecule has 2 aromatic carbocycles. The first-order valence-corrected chi connectivity index (χ1v) is 7.97. The lowest BCUT2D eigenvalue weighted by Gasteiger charge is -2.25. The second-order valence-electron chi connectivity index (χ2n) is 6.54. The summed E-state index contributed by atoms with van der Waals surface area (Å²) >= 11 is 0. The highest BCUT2D eigenvalue weighted by Gasteiger charge is 2.29. The van der Waals surface area contributed by atoms with Gasteiger partial charge in [0.05, 0.1) is 11.5 Å². The van der Waals surface area contributed by atoms with Gasteiger partial charge in [0.15, 0.2) is 0 Å². The zero-order chi connectivity index (χ0) is 16.9. The number of hydrogen-bond acceptors (Lipinski definition) is 2. The van der Waals surface area contributed by atoms with Crippen LogP contribution in [0.4, 0.5) is 0 Å². The Morgan fingerprint density at radius 2 is 1.70 bits per heavy atom. The van der Waals surface area contributed by atoms with Crippen LogP contribution in [0.25, 0.3) is 0 Å². The molecule has 3 nitrogen and oxygen atoms in total. The van der Waals surface area contributed by atoms with Gasteiger partial charge < -0.3 is 10.4 Å². The summed E-state index contributed by atoms with van der Waals surface area (Å²) in [5.74, 6) is -0.0755. The van der Waals surface area contributed by atoms with E-state index < -0.39 is 11.5 Å². The van der Waals surface area contributed by atoms with Gasteiger partial charge in [0.1, 0.15) is 0 Å². The van der Waals surface area contributed by atoms with Gasteiger partial charge in [-0.1, -0.05) is 60.2 Å². The van der Waals surface area contributed by atoms with Crippen molar-refractivity contribution in [1.82, 2.24) is 5.32 Å². The molecule has 0 aliphatic carbocycles. The van der Waals surface area contributed by atoms with Crippen LogP contribution in [0, 0.1) is 6.92 Å². The number of carbonyl (C=O) groups excluding carboxylic acids is 1. The Bertz CT molecular complexity index is 632. The second-order valence-corrected chi connectivity index (χ2v) is 6.54. The molecule has 2 aromatic rings. The van der Waals surface area contributed by atoms with E-state index in [2.05, 4.69) is 5.32 Å². The van der Waals surface area contributed by atoms with E-state index in [1.54, 1.807) is 0 Å². The first-order valence-electron chi connectivity index (χ1n) is 7.97. The standard InChI is InChI=1S/C20H25NO2/c1-15-9-11-17(12-10-15)20(2,3)19(23)21-14-18(22)13-16-7-5-4-6-8-16/h4-12,18,22H,13-14H2,1-3H3,(H,21,23). The van der Waals surface area contributed by atoms with E-state index in [0.717, 1.165) is 11.1 Å². The van der Waals surface area contributed by atoms with E-state index in [1.807, 2.05) is 75.4 Å². The van der Waals surface area contributed by atoms with Crippen molar-refractivity contribution in [1.29, 1.82) is 0 Å². The Labute approximate surface area is 138 Å². The number of aryl methyl sites for hydroxylation is 1. The number of benzene rings is 2. The molecule has 0 spiro atoms. The van der Waals surface area contributed by atoms with E-state index in [-0.39, 0.29) is 12.5 Å². The summed E-state index contributed by atoms with van der Waals surface area (Å²) in [7, 11) is 0. The fourth-order valence-electron chi connectivity index (χ4n) is 2.49. The van der Waals surface area contributed by atoms with Crippen molar-refractivity contribution < 1.29 is 9.90 Å². The van der Waals surface area contributed by atoms with E-state index >= 15 is 0 Å². The Hall–Kier alpha value is -2.13. The smallest absolute Gasteiger partial charge is 0.230 e. The van der Waals surface area contributed by atoms with Gasteiger partial charge in [0, 0.05) is 13.0 Å². The molecule has 2 N–H and O–H groups in total. The lowest BCUT2D eigenvalue weighted by atomic mass is 9.83. The molecular formula is C20H25NO2. The van der Waals surface area contributed by atoms with Gasteiger partial charge >= 0.3 is 0 Å². The highest BCUT2D eigenvalue weighted by molar-refractivity contribution is 5.87. The molecule has 1 amide bonds. The first kappa shape index (κ1) is 17.2. The predicted molar refractivity (Wildman–Crippen MR) is 93.4 cm³/mol. The Balaban J connectivity index is 1.91. The number of rotatable bonds is 6. The van der Waals surface area contributed by atoms with Gasteiger partial charge in [-0.05, 0) is 31.9 Å². The van der Waals surface area contributed by atoms with Crippen LogP contribution in [0.2, 0.25) is 0 Å². The van der Waals surface area contributed by atoms with E-state index in [4.69, 9.17) is 0 Å². The Morgan fingerprint density at radius 1 is 1.09 bits per heavy atom. The normalized spacial score (nSPS) is 12.7. The van der Waals surface area contributed by atoms with Crippen molar-refractivity contribution in [3.05, 3.63) is 71.3 Å². The summed E-state index contributed by atoms with van der Waals surface area (Å²) in [5.41, 5.74) is 2.58. The maximum absolute atomic E-state index is 12.5. The summed E-state index contributed by atoms with van der Waals surface area (Å²) < 4.78 is 0. The minimum Gasteiger partial charge on any atom is -0.391 e. The molecule has 3 heteroatoms. The summed E-state index contributed by atoms with van der Waals surface area (Å²) in [6.45, 7) is 6.08. The van der Waals surface area contributed by atoms with Crippen LogP contribution in [0.1, 0.15) is 30.5 Å². The Kier molecular flexibility index (Phi) is 5.56. The summed E-state index contributed by atoms with van der Waals surface area (Å²) in [4.78, 5) is 12.5. The third kappa shape index (κ3) is 4.67. The van der Waals surface area contributed by atoms with Crippen LogP contribution in [-0.2, 0) is 16.6 Å². The zero-order valence-corrected chi connectivity index (χ0v) is 14.0. The molecule has 1 unspecified atom stereocenters. The highest BCUT2D eigenvalue weighted by Crippen LogP contribution is 2.23. The van der Waals surface area contributed by atoms with Crippen molar-refractivity contribution in [3.8, 4) is 0 Å². The molecular weight excluding hydrogens is 286 g/mol. The van der Waals surface area contributed by atoms with Crippen LogP contribution in [0.15, 0.2) is 54.6 Å². The molecule has 0 fully saturated rings. The van der Waals surface area contributed by atoms with Crippen molar-refractivity contribution in [2.24, 2.45) is 0 Å². The predicted octanol–water partition coefficient (Wildman–Crippen LogP) is 2.99. The maximum atomic E-state index is 12.5. The summed E-state index contributed by atoms with van der Waals surface area (Å²) in [5, 5.41) is 13.0. The van der Waals surface area contributed by atoms with Gasteiger partial charge in [0.25, 0.3) is 0 Å². The fraction of sp³-hybridized carbons (Fsp3) is 0.350. The minimum absolute atomic E-state index is 0.0755. The fourth-order valence-corrected chi connectivity index (χ4v) is 2.49. The molecule has 0 saturated carbocycles. The van der Waals surface area contributed by atoms with Crippen molar-refractivity contribution in [2.45, 2.75) is 38.7 Å². The molecule has 0 heterocycles. The third-order valence-electron chi connectivity index (χ3n) is 4.15. The lowest BCUT2D eigenvalue weighted by molar-refractivity contribution is -0.126. The van der Waals surface area contributed by atoms with Crippen LogP contribution in [0.5, 0.6) is 0 Å². The Morgan fingerprint density at radius 3 is 2.30 bits per heavy atom. The molecule has 122 valence electrons. The SMILES string of the molecule is Cc1ccc(C(C)(C)C(=O)NCC(O)Cc2ccccc2)cc1. The van der Waals surface area contributed by atoms with Crippen LogP contribution < -0.4 is 5.32 Å². The average Bonchev–Trinajstić information content (AvgIpc) is 2.54. The number of carbonyl (C=O) groups is 1. The molecule has 0 saturated heterocycles. The average molecular weight is 311 g/mol. The van der Waals surface area contributed by atoms with Crippen LogP contribution in [0.3, 0.4) is 0 Å². The van der Waals surface area contributed by atoms with E-state index in [1.165, 1.54) is 5.56 Å². The zero-order valence-electron chi connectivity index (χ0n) is 14.0. The largest absolute Gasteiger partial charge is 0.391 e. The van der Waals surface area contributed by atoms with Crippen molar-refractivity contribution in [3.63, 3.8) is 0 Å². The minimum atomic E-state index is -0.625. The van der Waals surface area contributed by atoms with Gasteiger partial charge in [0.2, 0.25) is 5.91 Å². The van der Waals surface area contributed by atoms with E-state index in [0.29, 0.717) is 6.42 Å². The molecule has 1 atom stereocenters. The molecule has 2 rings (SSSR count). The number of aliphatic hydroxyl groups is 1. The van der Waals surface area contributed by atoms with Gasteiger partial charge in [-0.2, -0.15) is 0 Å². The van der Waals surface area contributed by atoms with Gasteiger partial charge in [-0.25, -0.2) is 0 Å². The molecule has 0 radical (unpaired) electrons. The maximum Gasteiger partial charge on any atom is 0.230 e. The third-order valence-corrected chi connectivity index (χ3v) is 4.15. The van der Waals surface area contributed by atoms with Crippen LogP contribution >= 0.6 is 0 Å². The highest BCUT2D eigenvalue weighted by atomic mass is 16.3. The molecule has 0 aliphatic heterocycles. The number of aliphatic hydroxyl groups excluding tert-OH is 1. The van der Waals surface area contributed by atoms with Crippen molar-refractivity contribution >= 4 is 5.91 Å². The number of nitrogens with one attached hydrogen (secondary N) is 1. The molecule has 0 aromatic heterocycles. The molecule has 0 aliphatic rings. The van der Waals surface area contributed by atoms with Crippen molar-refractivity contribution in [2.75, 3.05) is 6.54 Å². The summed E-state index contributed by atoms with van der Waals surface area (Å²) in [6, 6.07) is 17.8. The second kappa shape index (κ2) is 7.42. The molecule has 23 heavy (non-hydrogen) atoms. The quantitative estimate of drug-likeness (QED) is 0.861. The summed E-state index contributed by atoms with van der Waals surface area (Å²) in [6.07, 6.45) is -0.0540. The number of amides is 1. The number of hydrogen-bond donors (Lipinski definition) is 2. The van der Waals surface area contributed by atoms with Gasteiger partial charge in [-0.15, -0.1) is 0 Å². The molecule has 0 bridgehead atoms. The van der Waals surface area contributed by atoms with Crippen LogP contribution in [-0.4, -0.2) is 23.7 Å². The first-order chi connectivity index (χ1) is 10.9. The van der Waals surface area contributed by atoms with E-state index in [9.17, 15) is 9.90 Å².